The summed E-state index contributed by atoms with van der Waals surface area (Å²) in [5.41, 5.74) is 21.2. The van der Waals surface area contributed by atoms with Gasteiger partial charge in [-0.1, -0.05) is 0 Å². The van der Waals surface area contributed by atoms with Crippen LogP contribution in [0.5, 0.6) is 0 Å². The van der Waals surface area contributed by atoms with Crippen LogP contribution >= 0.6 is 12.6 Å². The molecular weight excluding hydrogens is 444 g/mol. The molecule has 14 nitrogen and oxygen atoms in total. The molecule has 15 heteroatoms. The Balaban J connectivity index is 5.44. The fourth-order valence-electron chi connectivity index (χ4n) is 2.36. The predicted molar refractivity (Wildman–Crippen MR) is 119 cm³/mol. The third-order valence-corrected chi connectivity index (χ3v) is 4.47. The maximum absolute atomic E-state index is 12.8. The summed E-state index contributed by atoms with van der Waals surface area (Å²) in [6, 6.07) is -4.59. The third kappa shape index (κ3) is 11.9. The van der Waals surface area contributed by atoms with Crippen LogP contribution in [0.4, 0.5) is 0 Å². The summed E-state index contributed by atoms with van der Waals surface area (Å²) in [5, 5.41) is 16.2. The largest absolute Gasteiger partial charge is 0.480 e. The number of hydrogen-bond donors (Lipinski definition) is 9. The molecule has 0 fully saturated rings. The maximum Gasteiger partial charge on any atom is 0.327 e. The summed E-state index contributed by atoms with van der Waals surface area (Å²) in [4.78, 5) is 63.4. The lowest BCUT2D eigenvalue weighted by Gasteiger charge is -2.24. The summed E-state index contributed by atoms with van der Waals surface area (Å²) in [6.07, 6.45) is -0.0140. The molecule has 0 radical (unpaired) electrons. The van der Waals surface area contributed by atoms with Gasteiger partial charge in [-0.2, -0.15) is 12.6 Å². The van der Waals surface area contributed by atoms with Crippen LogP contribution < -0.4 is 38.9 Å². The molecule has 0 heterocycles. The van der Waals surface area contributed by atoms with Gasteiger partial charge in [-0.25, -0.2) is 4.79 Å². The minimum absolute atomic E-state index is 0.111. The highest BCUT2D eigenvalue weighted by molar-refractivity contribution is 7.80. The SMILES string of the molecule is CC(N)C(=O)NC(CCCN=C(N)N)C(=O)NC(CCC(N)=O)C(=O)NC(CS)C(=O)O. The molecule has 182 valence electrons. The van der Waals surface area contributed by atoms with E-state index in [1.165, 1.54) is 6.92 Å². The van der Waals surface area contributed by atoms with Crippen LogP contribution in [-0.4, -0.2) is 77.1 Å². The second-order valence-electron chi connectivity index (χ2n) is 6.95. The fourth-order valence-corrected chi connectivity index (χ4v) is 2.61. The number of thiol groups is 1. The van der Waals surface area contributed by atoms with Gasteiger partial charge in [0.2, 0.25) is 23.6 Å². The van der Waals surface area contributed by atoms with Crippen LogP contribution in [0, 0.1) is 0 Å². The first-order valence-electron chi connectivity index (χ1n) is 9.73. The zero-order valence-corrected chi connectivity index (χ0v) is 18.6. The monoisotopic (exact) mass is 476 g/mol. The second kappa shape index (κ2) is 14.9. The van der Waals surface area contributed by atoms with E-state index in [9.17, 15) is 24.0 Å². The van der Waals surface area contributed by atoms with Crippen LogP contribution in [0.2, 0.25) is 0 Å². The lowest BCUT2D eigenvalue weighted by Crippen LogP contribution is -2.57. The molecule has 0 aliphatic carbocycles. The van der Waals surface area contributed by atoms with Crippen LogP contribution in [0.15, 0.2) is 4.99 Å². The van der Waals surface area contributed by atoms with Crippen LogP contribution in [-0.2, 0) is 24.0 Å². The Labute approximate surface area is 190 Å². The normalized spacial score (nSPS) is 14.2. The van der Waals surface area contributed by atoms with Crippen molar-refractivity contribution in [1.82, 2.24) is 16.0 Å². The molecular formula is C17H32N8O6S. The number of aliphatic carboxylic acids is 1. The van der Waals surface area contributed by atoms with E-state index in [1.54, 1.807) is 0 Å². The molecule has 0 saturated carbocycles. The molecule has 32 heavy (non-hydrogen) atoms. The molecule has 0 aliphatic heterocycles. The summed E-state index contributed by atoms with van der Waals surface area (Å²) in [6.45, 7) is 1.62. The smallest absolute Gasteiger partial charge is 0.327 e. The summed E-state index contributed by atoms with van der Waals surface area (Å²) < 4.78 is 0. The highest BCUT2D eigenvalue weighted by atomic mass is 32.1. The maximum atomic E-state index is 12.8. The minimum atomic E-state index is -1.32. The van der Waals surface area contributed by atoms with Crippen LogP contribution in [0.3, 0.4) is 0 Å². The van der Waals surface area contributed by atoms with Crippen molar-refractivity contribution in [2.24, 2.45) is 27.9 Å². The standard InChI is InChI=1S/C17H32N8O6S/c1-8(18)13(27)23-9(3-2-6-22-17(20)21)14(28)24-10(4-5-12(19)26)15(29)25-11(7-32)16(30)31/h8-11,32H,2-7,18H2,1H3,(H2,19,26)(H,23,27)(H,24,28)(H,25,29)(H,30,31)(H4,20,21,22). The number of carbonyl (C=O) groups excluding carboxylic acids is 4. The average molecular weight is 477 g/mol. The molecule has 0 spiro atoms. The number of carbonyl (C=O) groups is 5. The number of nitrogens with zero attached hydrogens (tertiary/aromatic N) is 1. The molecule has 0 rings (SSSR count). The lowest BCUT2D eigenvalue weighted by molar-refractivity contribution is -0.141. The fraction of sp³-hybridized carbons (Fsp3) is 0.647. The molecule has 0 aromatic carbocycles. The van der Waals surface area contributed by atoms with E-state index < -0.39 is 53.8 Å². The van der Waals surface area contributed by atoms with Gasteiger partial charge in [0.15, 0.2) is 5.96 Å². The zero-order valence-electron chi connectivity index (χ0n) is 17.7. The molecule has 0 aliphatic rings. The Morgan fingerprint density at radius 2 is 1.41 bits per heavy atom. The highest BCUT2D eigenvalue weighted by Crippen LogP contribution is 2.04. The number of nitrogens with two attached hydrogens (primary N) is 4. The molecule has 0 aromatic heterocycles. The Hall–Kier alpha value is -3.07. The molecule has 4 unspecified atom stereocenters. The molecule has 0 saturated heterocycles. The number of carboxylic acids is 1. The average Bonchev–Trinajstić information content (AvgIpc) is 2.70. The van der Waals surface area contributed by atoms with Crippen molar-refractivity contribution in [3.63, 3.8) is 0 Å². The van der Waals surface area contributed by atoms with Crippen molar-refractivity contribution in [3.05, 3.63) is 0 Å². The highest BCUT2D eigenvalue weighted by Gasteiger charge is 2.29. The number of amides is 4. The molecule has 4 amide bonds. The van der Waals surface area contributed by atoms with E-state index in [2.05, 4.69) is 33.6 Å². The first-order valence-corrected chi connectivity index (χ1v) is 10.4. The topological polar surface area (TPSA) is 258 Å². The van der Waals surface area contributed by atoms with Gasteiger partial charge < -0.3 is 44.0 Å². The van der Waals surface area contributed by atoms with E-state index in [0.717, 1.165) is 0 Å². The lowest BCUT2D eigenvalue weighted by atomic mass is 10.1. The van der Waals surface area contributed by atoms with E-state index >= 15 is 0 Å². The Morgan fingerprint density at radius 1 is 0.906 bits per heavy atom. The van der Waals surface area contributed by atoms with E-state index in [4.69, 9.17) is 28.0 Å². The van der Waals surface area contributed by atoms with Gasteiger partial charge in [0.1, 0.15) is 18.1 Å². The Bertz CT molecular complexity index is 713. The number of guanidine groups is 1. The summed E-state index contributed by atoms with van der Waals surface area (Å²) in [5.74, 6) is -4.58. The number of nitrogens with one attached hydrogen (secondary N) is 3. The molecule has 0 aromatic rings. The van der Waals surface area contributed by atoms with Gasteiger partial charge in [-0.15, -0.1) is 0 Å². The summed E-state index contributed by atoms with van der Waals surface area (Å²) in [7, 11) is 0. The van der Waals surface area contributed by atoms with Gasteiger partial charge >= 0.3 is 5.97 Å². The summed E-state index contributed by atoms with van der Waals surface area (Å²) >= 11 is 3.86. The zero-order chi connectivity index (χ0) is 24.8. The van der Waals surface area contributed by atoms with E-state index in [1.807, 2.05) is 0 Å². The minimum Gasteiger partial charge on any atom is -0.480 e. The Morgan fingerprint density at radius 3 is 1.84 bits per heavy atom. The van der Waals surface area contributed by atoms with Crippen molar-refractivity contribution in [2.45, 2.75) is 56.8 Å². The Kier molecular flexibility index (Phi) is 13.4. The number of aliphatic imine (C=N–C) groups is 1. The number of hydrogen-bond acceptors (Lipinski definition) is 8. The second-order valence-corrected chi connectivity index (χ2v) is 7.31. The number of carboxylic acid groups (broad SMARTS) is 1. The molecule has 0 bridgehead atoms. The van der Waals surface area contributed by atoms with E-state index in [0.29, 0.717) is 6.42 Å². The van der Waals surface area contributed by atoms with Crippen LogP contribution in [0.25, 0.3) is 0 Å². The quantitative estimate of drug-likeness (QED) is 0.0483. The van der Waals surface area contributed by atoms with Crippen molar-refractivity contribution in [3.8, 4) is 0 Å². The van der Waals surface area contributed by atoms with Crippen molar-refractivity contribution < 1.29 is 29.1 Å². The predicted octanol–water partition coefficient (Wildman–Crippen LogP) is -3.88. The van der Waals surface area contributed by atoms with E-state index in [-0.39, 0.29) is 37.5 Å². The first-order chi connectivity index (χ1) is 14.9. The van der Waals surface area contributed by atoms with Gasteiger partial charge in [0.25, 0.3) is 0 Å². The van der Waals surface area contributed by atoms with Gasteiger partial charge in [0.05, 0.1) is 6.04 Å². The van der Waals surface area contributed by atoms with Gasteiger partial charge in [0, 0.05) is 18.7 Å². The number of rotatable bonds is 15. The first kappa shape index (κ1) is 28.9. The number of primary amides is 1. The van der Waals surface area contributed by atoms with Crippen molar-refractivity contribution in [1.29, 1.82) is 0 Å². The molecule has 4 atom stereocenters. The van der Waals surface area contributed by atoms with Crippen molar-refractivity contribution in [2.75, 3.05) is 12.3 Å². The van der Waals surface area contributed by atoms with Crippen LogP contribution in [0.1, 0.15) is 32.6 Å². The van der Waals surface area contributed by atoms with Gasteiger partial charge in [-0.3, -0.25) is 24.2 Å². The molecule has 12 N–H and O–H groups in total. The van der Waals surface area contributed by atoms with Gasteiger partial charge in [-0.05, 0) is 26.2 Å². The van der Waals surface area contributed by atoms with Crippen molar-refractivity contribution >= 4 is 48.2 Å². The third-order valence-electron chi connectivity index (χ3n) is 4.10.